The molecule has 2 aliphatic rings. The third kappa shape index (κ3) is 3.36. The predicted molar refractivity (Wildman–Crippen MR) is 94.6 cm³/mol. The molecule has 4 rings (SSSR count). The molecule has 7 heteroatoms. The van der Waals surface area contributed by atoms with Crippen molar-refractivity contribution in [2.24, 2.45) is 11.8 Å². The van der Waals surface area contributed by atoms with Gasteiger partial charge < -0.3 is 14.6 Å². The fraction of sp³-hybridized carbons (Fsp3) is 0.556. The second-order valence-electron chi connectivity index (χ2n) is 7.01. The topological polar surface area (TPSA) is 67.6 Å². The summed E-state index contributed by atoms with van der Waals surface area (Å²) < 4.78 is 11.3. The first-order chi connectivity index (χ1) is 12.1. The van der Waals surface area contributed by atoms with Crippen molar-refractivity contribution < 1.29 is 14.1 Å². The van der Waals surface area contributed by atoms with Gasteiger partial charge in [0.1, 0.15) is 5.76 Å². The molecule has 1 amide bonds. The average Bonchev–Trinajstić information content (AvgIpc) is 3.35. The van der Waals surface area contributed by atoms with E-state index in [-0.39, 0.29) is 12.0 Å². The highest BCUT2D eigenvalue weighted by atomic mass is 32.1. The second-order valence-corrected chi connectivity index (χ2v) is 7.79. The zero-order valence-electron chi connectivity index (χ0n) is 14.5. The Balaban J connectivity index is 1.33. The molecule has 6 nitrogen and oxygen atoms in total. The van der Waals surface area contributed by atoms with Crippen molar-refractivity contribution in [1.82, 2.24) is 15.4 Å². The number of carbonyl (C=O) groups is 1. The quantitative estimate of drug-likeness (QED) is 0.885. The minimum Gasteiger partial charge on any atom is -0.376 e. The molecular weight excluding hydrogens is 338 g/mol. The number of ether oxygens (including phenoxy) is 1. The van der Waals surface area contributed by atoms with E-state index in [0.717, 1.165) is 43.3 Å². The molecule has 2 aromatic heterocycles. The number of aryl methyl sites for hydroxylation is 2. The smallest absolute Gasteiger partial charge is 0.252 e. The largest absolute Gasteiger partial charge is 0.376 e. The van der Waals surface area contributed by atoms with E-state index in [1.165, 1.54) is 5.56 Å². The van der Waals surface area contributed by atoms with Crippen LogP contribution in [0, 0.1) is 25.7 Å². The van der Waals surface area contributed by atoms with E-state index < -0.39 is 0 Å². The van der Waals surface area contributed by atoms with Gasteiger partial charge in [-0.25, -0.2) is 0 Å². The van der Waals surface area contributed by atoms with Crippen LogP contribution in [0.25, 0.3) is 0 Å². The lowest BCUT2D eigenvalue weighted by atomic mass is 9.93. The number of rotatable bonds is 5. The highest BCUT2D eigenvalue weighted by Gasteiger charge is 2.43. The van der Waals surface area contributed by atoms with Crippen LogP contribution in [-0.2, 0) is 11.3 Å². The van der Waals surface area contributed by atoms with Crippen molar-refractivity contribution in [2.45, 2.75) is 26.5 Å². The number of carbonyl (C=O) groups excluding carboxylic acids is 1. The lowest BCUT2D eigenvalue weighted by molar-refractivity contribution is 0.0903. The molecule has 2 aromatic rings. The Morgan fingerprint density at radius 2 is 2.32 bits per heavy atom. The van der Waals surface area contributed by atoms with Gasteiger partial charge in [-0.15, -0.1) is 0 Å². The Morgan fingerprint density at radius 3 is 3.04 bits per heavy atom. The lowest BCUT2D eigenvalue weighted by Gasteiger charge is -2.19. The minimum atomic E-state index is 0.00951. The van der Waals surface area contributed by atoms with Crippen LogP contribution in [0.3, 0.4) is 0 Å². The maximum atomic E-state index is 12.1. The van der Waals surface area contributed by atoms with Crippen LogP contribution in [0.1, 0.15) is 27.4 Å². The van der Waals surface area contributed by atoms with E-state index >= 15 is 0 Å². The van der Waals surface area contributed by atoms with Gasteiger partial charge in [0.05, 0.1) is 18.4 Å². The number of nitrogens with one attached hydrogen (secondary N) is 1. The maximum Gasteiger partial charge on any atom is 0.252 e. The monoisotopic (exact) mass is 361 g/mol. The number of thiophene rings is 1. The highest BCUT2D eigenvalue weighted by molar-refractivity contribution is 7.08. The average molecular weight is 361 g/mol. The molecule has 0 saturated carbocycles. The summed E-state index contributed by atoms with van der Waals surface area (Å²) in [6.45, 7) is 8.14. The molecule has 3 atom stereocenters. The fourth-order valence-electron chi connectivity index (χ4n) is 3.89. The summed E-state index contributed by atoms with van der Waals surface area (Å²) in [7, 11) is 0. The van der Waals surface area contributed by atoms with Crippen LogP contribution >= 0.6 is 11.3 Å². The summed E-state index contributed by atoms with van der Waals surface area (Å²) in [5, 5.41) is 10.9. The van der Waals surface area contributed by atoms with Crippen molar-refractivity contribution >= 4 is 17.2 Å². The molecule has 25 heavy (non-hydrogen) atoms. The maximum absolute atomic E-state index is 12.1. The Kier molecular flexibility index (Phi) is 4.62. The van der Waals surface area contributed by atoms with Gasteiger partial charge in [-0.1, -0.05) is 5.16 Å². The van der Waals surface area contributed by atoms with E-state index in [1.807, 2.05) is 30.7 Å². The molecule has 0 radical (unpaired) electrons. The van der Waals surface area contributed by atoms with Crippen molar-refractivity contribution in [3.8, 4) is 0 Å². The van der Waals surface area contributed by atoms with Gasteiger partial charge in [0.2, 0.25) is 0 Å². The zero-order valence-corrected chi connectivity index (χ0v) is 15.3. The first-order valence-electron chi connectivity index (χ1n) is 8.68. The predicted octanol–water partition coefficient (Wildman–Crippen LogP) is 2.23. The van der Waals surface area contributed by atoms with Crippen LogP contribution < -0.4 is 5.32 Å². The third-order valence-corrected chi connectivity index (χ3v) is 6.07. The molecule has 2 aliphatic heterocycles. The van der Waals surface area contributed by atoms with Crippen LogP contribution in [0.15, 0.2) is 21.3 Å². The second kappa shape index (κ2) is 6.90. The molecule has 0 bridgehead atoms. The molecule has 134 valence electrons. The van der Waals surface area contributed by atoms with Crippen molar-refractivity contribution in [1.29, 1.82) is 0 Å². The summed E-state index contributed by atoms with van der Waals surface area (Å²) in [6.07, 6.45) is 0.267. The SMILES string of the molecule is Cc1noc(C)c1CN1C[C@H]2[C@H](CNC(=O)c3ccsc3)CO[C@H]2C1. The first-order valence-corrected chi connectivity index (χ1v) is 9.62. The van der Waals surface area contributed by atoms with E-state index in [2.05, 4.69) is 15.4 Å². The van der Waals surface area contributed by atoms with Gasteiger partial charge in [0.15, 0.2) is 0 Å². The Morgan fingerprint density at radius 1 is 1.44 bits per heavy atom. The van der Waals surface area contributed by atoms with Gasteiger partial charge in [-0.2, -0.15) is 11.3 Å². The number of likely N-dealkylation sites (tertiary alicyclic amines) is 1. The summed E-state index contributed by atoms with van der Waals surface area (Å²) in [4.78, 5) is 14.5. The summed E-state index contributed by atoms with van der Waals surface area (Å²) in [6, 6.07) is 1.86. The molecule has 0 spiro atoms. The summed E-state index contributed by atoms with van der Waals surface area (Å²) >= 11 is 1.54. The summed E-state index contributed by atoms with van der Waals surface area (Å²) in [5.41, 5.74) is 2.89. The standard InChI is InChI=1S/C18H23N3O3S/c1-11-15(12(2)24-20-11)6-21-7-16-14(9-23-17(16)8-21)5-19-18(22)13-3-4-25-10-13/h3-4,10,14,16-17H,5-9H2,1-2H3,(H,19,22)/t14-,16+,17+/m1/s1. The van der Waals surface area contributed by atoms with Gasteiger partial charge >= 0.3 is 0 Å². The first kappa shape index (κ1) is 16.8. The Hall–Kier alpha value is -1.70. The van der Waals surface area contributed by atoms with Gasteiger partial charge in [-0.3, -0.25) is 9.69 Å². The molecule has 2 fully saturated rings. The van der Waals surface area contributed by atoms with Gasteiger partial charge in [0, 0.05) is 54.5 Å². The number of nitrogens with zero attached hydrogens (tertiary/aromatic N) is 2. The van der Waals surface area contributed by atoms with E-state index in [0.29, 0.717) is 18.4 Å². The molecular formula is C18H23N3O3S. The minimum absolute atomic E-state index is 0.00951. The number of amides is 1. The van der Waals surface area contributed by atoms with Crippen LogP contribution in [0.4, 0.5) is 0 Å². The molecule has 1 N–H and O–H groups in total. The van der Waals surface area contributed by atoms with Crippen LogP contribution in [-0.4, -0.2) is 48.3 Å². The van der Waals surface area contributed by atoms with Gasteiger partial charge in [0.25, 0.3) is 5.91 Å². The van der Waals surface area contributed by atoms with Gasteiger partial charge in [-0.05, 0) is 25.3 Å². The normalized spacial score (nSPS) is 26.1. The fourth-order valence-corrected chi connectivity index (χ4v) is 4.53. The van der Waals surface area contributed by atoms with E-state index in [1.54, 1.807) is 11.3 Å². The molecule has 0 aliphatic carbocycles. The summed E-state index contributed by atoms with van der Waals surface area (Å²) in [5.74, 6) is 1.76. The molecule has 2 saturated heterocycles. The zero-order chi connectivity index (χ0) is 17.4. The Bertz CT molecular complexity index is 723. The third-order valence-electron chi connectivity index (χ3n) is 5.39. The van der Waals surface area contributed by atoms with Crippen LogP contribution in [0.2, 0.25) is 0 Å². The van der Waals surface area contributed by atoms with Crippen LogP contribution in [0.5, 0.6) is 0 Å². The molecule has 4 heterocycles. The lowest BCUT2D eigenvalue weighted by Crippen LogP contribution is -2.34. The van der Waals surface area contributed by atoms with Crippen molar-refractivity contribution in [3.05, 3.63) is 39.4 Å². The van der Waals surface area contributed by atoms with Crippen molar-refractivity contribution in [3.63, 3.8) is 0 Å². The number of fused-ring (bicyclic) bond motifs is 1. The molecule has 0 aromatic carbocycles. The Labute approximate surface area is 151 Å². The van der Waals surface area contributed by atoms with E-state index in [9.17, 15) is 4.79 Å². The van der Waals surface area contributed by atoms with Crippen molar-refractivity contribution in [2.75, 3.05) is 26.2 Å². The number of hydrogen-bond donors (Lipinski definition) is 1. The number of aromatic nitrogens is 1. The molecule has 0 unspecified atom stereocenters. The highest BCUT2D eigenvalue weighted by Crippen LogP contribution is 2.34. The number of hydrogen-bond acceptors (Lipinski definition) is 6. The van der Waals surface area contributed by atoms with E-state index in [4.69, 9.17) is 9.26 Å².